The Morgan fingerprint density at radius 2 is 1.79 bits per heavy atom. The Bertz CT molecular complexity index is 1080. The third kappa shape index (κ3) is 2.16. The van der Waals surface area contributed by atoms with Gasteiger partial charge in [0, 0.05) is 24.6 Å². The van der Waals surface area contributed by atoms with Gasteiger partial charge in [-0.25, -0.2) is 5.01 Å². The molecule has 4 aliphatic rings. The number of rotatable bonds is 4. The molecule has 5 heteroatoms. The van der Waals surface area contributed by atoms with Crippen LogP contribution < -0.4 is 0 Å². The Morgan fingerprint density at radius 3 is 2.61 bits per heavy atom. The van der Waals surface area contributed by atoms with Crippen molar-refractivity contribution < 1.29 is 4.79 Å². The minimum atomic E-state index is -0.197. The molecule has 3 fully saturated rings. The summed E-state index contributed by atoms with van der Waals surface area (Å²) in [4.78, 5) is 13.3. The first-order chi connectivity index (χ1) is 13.7. The Morgan fingerprint density at radius 1 is 1.04 bits per heavy atom. The van der Waals surface area contributed by atoms with Gasteiger partial charge in [-0.1, -0.05) is 48.5 Å². The Balaban J connectivity index is 1.18. The number of amides is 1. The summed E-state index contributed by atoms with van der Waals surface area (Å²) in [7, 11) is 0. The number of nitrogens with zero attached hydrogens (tertiary/aromatic N) is 4. The van der Waals surface area contributed by atoms with Gasteiger partial charge in [-0.15, -0.1) is 0 Å². The van der Waals surface area contributed by atoms with Gasteiger partial charge in [0.15, 0.2) is 0 Å². The first kappa shape index (κ1) is 16.0. The van der Waals surface area contributed by atoms with Crippen molar-refractivity contribution in [2.24, 2.45) is 15.9 Å². The number of aromatic nitrogens is 2. The average Bonchev–Trinajstić information content (AvgIpc) is 3.31. The first-order valence-corrected chi connectivity index (χ1v) is 10.00. The Kier molecular flexibility index (Phi) is 3.17. The van der Waals surface area contributed by atoms with Crippen molar-refractivity contribution in [3.8, 4) is 0 Å². The van der Waals surface area contributed by atoms with Crippen LogP contribution in [0, 0.1) is 10.8 Å². The van der Waals surface area contributed by atoms with Crippen LogP contribution in [0.1, 0.15) is 37.3 Å². The van der Waals surface area contributed by atoms with E-state index in [1.807, 2.05) is 36.7 Å². The van der Waals surface area contributed by atoms with Gasteiger partial charge in [0.1, 0.15) is 0 Å². The summed E-state index contributed by atoms with van der Waals surface area (Å²) in [6, 6.07) is 18.6. The third-order valence-electron chi connectivity index (χ3n) is 6.85. The van der Waals surface area contributed by atoms with E-state index in [9.17, 15) is 4.79 Å². The van der Waals surface area contributed by atoms with Gasteiger partial charge in [-0.3, -0.25) is 9.48 Å². The van der Waals surface area contributed by atoms with Crippen LogP contribution in [0.5, 0.6) is 0 Å². The maximum absolute atomic E-state index is 13.3. The minimum Gasteiger partial charge on any atom is -0.272 e. The number of carbonyl (C=O) groups excluding carboxylic acids is 1. The van der Waals surface area contributed by atoms with Gasteiger partial charge < -0.3 is 0 Å². The summed E-state index contributed by atoms with van der Waals surface area (Å²) < 4.78 is 2.11. The van der Waals surface area contributed by atoms with E-state index in [0.717, 1.165) is 37.8 Å². The zero-order valence-electron chi connectivity index (χ0n) is 15.7. The zero-order chi connectivity index (χ0) is 18.8. The first-order valence-electron chi connectivity index (χ1n) is 10.00. The molecule has 2 aromatic carbocycles. The van der Waals surface area contributed by atoms with Crippen LogP contribution in [0.15, 0.2) is 65.9 Å². The number of carbonyl (C=O) groups is 1. The fraction of sp³-hybridized carbons (Fsp3) is 0.348. The highest BCUT2D eigenvalue weighted by atomic mass is 16.2. The van der Waals surface area contributed by atoms with E-state index in [1.165, 1.54) is 10.9 Å². The molecule has 1 amide bonds. The largest absolute Gasteiger partial charge is 0.272 e. The summed E-state index contributed by atoms with van der Waals surface area (Å²) >= 11 is 0. The molecule has 0 saturated heterocycles. The molecule has 1 aromatic heterocycles. The van der Waals surface area contributed by atoms with E-state index in [0.29, 0.717) is 0 Å². The lowest BCUT2D eigenvalue weighted by molar-refractivity contribution is -0.223. The standard InChI is InChI=1S/C23H22N4O/c28-21(27-20(10-11-24-27)17-6-2-1-3-7-17)23-13-22(14-23,15-23)16-26-19-9-5-4-8-18(19)12-25-26/h1-9,11-12,20H,10,13-16H2. The van der Waals surface area contributed by atoms with Crippen molar-refractivity contribution in [3.63, 3.8) is 0 Å². The molecule has 1 aliphatic heterocycles. The summed E-state index contributed by atoms with van der Waals surface area (Å²) in [6.07, 6.45) is 7.50. The monoisotopic (exact) mass is 370 g/mol. The van der Waals surface area contributed by atoms with Gasteiger partial charge in [0.05, 0.1) is 23.2 Å². The van der Waals surface area contributed by atoms with Crippen LogP contribution >= 0.6 is 0 Å². The lowest BCUT2D eigenvalue weighted by atomic mass is 9.34. The van der Waals surface area contributed by atoms with E-state index in [-0.39, 0.29) is 22.8 Å². The van der Waals surface area contributed by atoms with E-state index in [1.54, 1.807) is 5.01 Å². The number of hydrogen-bond acceptors (Lipinski definition) is 3. The zero-order valence-corrected chi connectivity index (χ0v) is 15.7. The van der Waals surface area contributed by atoms with Crippen molar-refractivity contribution >= 4 is 23.0 Å². The lowest BCUT2D eigenvalue weighted by Crippen LogP contribution is -2.68. The van der Waals surface area contributed by atoms with Crippen molar-refractivity contribution in [2.75, 3.05) is 0 Å². The number of para-hydroxylation sites is 1. The molecule has 0 N–H and O–H groups in total. The molecule has 0 spiro atoms. The molecule has 3 saturated carbocycles. The van der Waals surface area contributed by atoms with Crippen LogP contribution in [0.4, 0.5) is 0 Å². The number of fused-ring (bicyclic) bond motifs is 1. The van der Waals surface area contributed by atoms with Crippen molar-refractivity contribution in [2.45, 2.75) is 38.3 Å². The molecule has 140 valence electrons. The van der Waals surface area contributed by atoms with Crippen LogP contribution in [0.25, 0.3) is 10.9 Å². The fourth-order valence-corrected chi connectivity index (χ4v) is 5.67. The van der Waals surface area contributed by atoms with Crippen LogP contribution in [0.2, 0.25) is 0 Å². The second-order valence-corrected chi connectivity index (χ2v) is 8.78. The van der Waals surface area contributed by atoms with Gasteiger partial charge in [0.2, 0.25) is 5.91 Å². The predicted octanol–water partition coefficient (Wildman–Crippen LogP) is 4.17. The van der Waals surface area contributed by atoms with Crippen molar-refractivity contribution in [1.82, 2.24) is 14.8 Å². The van der Waals surface area contributed by atoms with Crippen LogP contribution in [0.3, 0.4) is 0 Å². The number of benzene rings is 2. The summed E-state index contributed by atoms with van der Waals surface area (Å²) in [5.74, 6) is 0.210. The molecule has 2 bridgehead atoms. The quantitative estimate of drug-likeness (QED) is 0.692. The molecule has 3 aromatic rings. The van der Waals surface area contributed by atoms with E-state index < -0.39 is 0 Å². The molecule has 0 radical (unpaired) electrons. The van der Waals surface area contributed by atoms with E-state index in [4.69, 9.17) is 0 Å². The van der Waals surface area contributed by atoms with Gasteiger partial charge in [-0.05, 0) is 36.3 Å². The molecular formula is C23H22N4O. The summed E-state index contributed by atoms with van der Waals surface area (Å²) in [5.41, 5.74) is 2.38. The molecule has 1 unspecified atom stereocenters. The Hall–Kier alpha value is -2.95. The molecule has 5 nitrogen and oxygen atoms in total. The molecule has 28 heavy (non-hydrogen) atoms. The highest BCUT2D eigenvalue weighted by molar-refractivity contribution is 5.88. The van der Waals surface area contributed by atoms with Crippen LogP contribution in [-0.2, 0) is 11.3 Å². The predicted molar refractivity (Wildman–Crippen MR) is 108 cm³/mol. The highest BCUT2D eigenvalue weighted by Gasteiger charge is 2.72. The van der Waals surface area contributed by atoms with Gasteiger partial charge in [-0.2, -0.15) is 10.2 Å². The second-order valence-electron chi connectivity index (χ2n) is 8.78. The van der Waals surface area contributed by atoms with Gasteiger partial charge >= 0.3 is 0 Å². The fourth-order valence-electron chi connectivity index (χ4n) is 5.67. The van der Waals surface area contributed by atoms with Crippen molar-refractivity contribution in [1.29, 1.82) is 0 Å². The van der Waals surface area contributed by atoms with Crippen LogP contribution in [-0.4, -0.2) is 26.9 Å². The number of hydrazone groups is 1. The van der Waals surface area contributed by atoms with E-state index >= 15 is 0 Å². The molecule has 1 atom stereocenters. The third-order valence-corrected chi connectivity index (χ3v) is 6.85. The van der Waals surface area contributed by atoms with E-state index in [2.05, 4.69) is 45.2 Å². The smallest absolute Gasteiger partial charge is 0.249 e. The lowest BCUT2D eigenvalue weighted by Gasteiger charge is -2.69. The SMILES string of the molecule is O=C(N1N=CCC1c1ccccc1)C12CC(Cn3ncc4ccccc43)(C1)C2. The second kappa shape index (κ2) is 5.53. The summed E-state index contributed by atoms with van der Waals surface area (Å²) in [6.45, 7) is 0.904. The molecule has 7 rings (SSSR count). The average molecular weight is 370 g/mol. The maximum atomic E-state index is 13.3. The summed E-state index contributed by atoms with van der Waals surface area (Å²) in [5, 5.41) is 12.0. The molecule has 3 aliphatic carbocycles. The highest BCUT2D eigenvalue weighted by Crippen LogP contribution is 2.74. The maximum Gasteiger partial charge on any atom is 0.249 e. The minimum absolute atomic E-state index is 0.0498. The molecular weight excluding hydrogens is 348 g/mol. The molecule has 2 heterocycles. The number of hydrogen-bond donors (Lipinski definition) is 0. The normalized spacial score (nSPS) is 30.3. The van der Waals surface area contributed by atoms with Gasteiger partial charge in [0.25, 0.3) is 0 Å². The van der Waals surface area contributed by atoms with Crippen molar-refractivity contribution in [3.05, 3.63) is 66.4 Å². The topological polar surface area (TPSA) is 50.5 Å². The Labute approximate surface area is 163 Å².